The Hall–Kier alpha value is -1.58. The highest BCUT2D eigenvalue weighted by Gasteiger charge is 2.60. The lowest BCUT2D eigenvalue weighted by Gasteiger charge is -2.48. The highest BCUT2D eigenvalue weighted by Crippen LogP contribution is 2.47. The number of rotatable bonds is 8. The second-order valence-corrected chi connectivity index (χ2v) is 26.0. The lowest BCUT2D eigenvalue weighted by atomic mass is 9.91. The Labute approximate surface area is 272 Å². The van der Waals surface area contributed by atoms with E-state index in [9.17, 15) is 4.79 Å². The molecule has 1 amide bonds. The molecule has 0 unspecified atom stereocenters. The van der Waals surface area contributed by atoms with Crippen LogP contribution < -0.4 is 0 Å². The first kappa shape index (κ1) is 34.7. The Morgan fingerprint density at radius 3 is 2.27 bits per heavy atom. The van der Waals surface area contributed by atoms with Crippen LogP contribution in [0.25, 0.3) is 0 Å². The zero-order valence-corrected chi connectivity index (χ0v) is 31.3. The predicted octanol–water partition coefficient (Wildman–Crippen LogP) is 6.99. The van der Waals surface area contributed by atoms with Crippen molar-refractivity contribution < 1.29 is 37.3 Å². The van der Waals surface area contributed by atoms with Gasteiger partial charge in [0, 0.05) is 0 Å². The van der Waals surface area contributed by atoms with Crippen LogP contribution in [0.2, 0.25) is 36.3 Å². The van der Waals surface area contributed by atoms with Gasteiger partial charge in [-0.05, 0) is 67.3 Å². The lowest BCUT2D eigenvalue weighted by molar-refractivity contribution is -0.165. The molecule has 5 rings (SSSR count). The van der Waals surface area contributed by atoms with Gasteiger partial charge in [-0.15, -0.1) is 0 Å². The maximum atomic E-state index is 14.0. The van der Waals surface area contributed by atoms with Gasteiger partial charge < -0.3 is 32.5 Å². The van der Waals surface area contributed by atoms with Gasteiger partial charge in [0.1, 0.15) is 31.0 Å². The lowest BCUT2D eigenvalue weighted by Crippen LogP contribution is -2.59. The van der Waals surface area contributed by atoms with Crippen LogP contribution in [0.15, 0.2) is 42.0 Å². The predicted molar refractivity (Wildman–Crippen MR) is 178 cm³/mol. The summed E-state index contributed by atoms with van der Waals surface area (Å²) in [7, 11) is -4.72. The summed E-state index contributed by atoms with van der Waals surface area (Å²) in [5.41, 5.74) is 1.89. The summed E-state index contributed by atoms with van der Waals surface area (Å²) in [6, 6.07) is 9.22. The summed E-state index contributed by atoms with van der Waals surface area (Å²) in [6.07, 6.45) is -0.848. The van der Waals surface area contributed by atoms with Crippen LogP contribution >= 0.6 is 0 Å². The molecule has 252 valence electrons. The first-order valence-corrected chi connectivity index (χ1v) is 22.2. The average molecular weight is 662 g/mol. The van der Waals surface area contributed by atoms with E-state index in [1.165, 1.54) is 0 Å². The van der Waals surface area contributed by atoms with Crippen molar-refractivity contribution in [3.63, 3.8) is 0 Å². The smallest absolute Gasteiger partial charge is 0.410 e. The first-order valence-electron chi connectivity index (χ1n) is 16.4. The first-order chi connectivity index (χ1) is 20.7. The summed E-state index contributed by atoms with van der Waals surface area (Å²) >= 11 is 0. The van der Waals surface area contributed by atoms with Crippen LogP contribution in [-0.2, 0) is 39.1 Å². The Morgan fingerprint density at radius 2 is 1.64 bits per heavy atom. The number of fused-ring (bicyclic) bond motifs is 3. The number of benzene rings is 1. The summed E-state index contributed by atoms with van der Waals surface area (Å²) in [5, 5.41) is -0.132. The van der Waals surface area contributed by atoms with Crippen molar-refractivity contribution in [1.82, 2.24) is 4.90 Å². The summed E-state index contributed by atoms with van der Waals surface area (Å²) < 4.78 is 45.9. The third-order valence-electron chi connectivity index (χ3n) is 10.5. The quantitative estimate of drug-likeness (QED) is 0.218. The number of hydrogen-bond donors (Lipinski definition) is 0. The minimum atomic E-state index is -2.42. The minimum absolute atomic E-state index is 0.0402. The van der Waals surface area contributed by atoms with Gasteiger partial charge in [0.2, 0.25) is 0 Å². The van der Waals surface area contributed by atoms with Crippen molar-refractivity contribution in [2.75, 3.05) is 13.2 Å². The molecule has 0 radical (unpaired) electrons. The molecule has 0 N–H and O–H groups in total. The maximum absolute atomic E-state index is 14.0. The van der Waals surface area contributed by atoms with E-state index in [1.807, 2.05) is 44.2 Å². The second-order valence-electron chi connectivity index (χ2n) is 16.5. The molecule has 4 aliphatic heterocycles. The summed E-state index contributed by atoms with van der Waals surface area (Å²) in [6.45, 7) is 27.2. The highest BCUT2D eigenvalue weighted by atomic mass is 28.4. The number of likely N-dealkylation sites (tertiary alicyclic amines) is 1. The number of carbonyl (C=O) groups excluding carboxylic acids is 1. The molecule has 4 aliphatic rings. The molecule has 1 aromatic rings. The number of amides is 1. The number of ether oxygens (including phenoxy) is 5. The Morgan fingerprint density at radius 1 is 1.00 bits per heavy atom. The molecular weight excluding hydrogens is 607 g/mol. The molecule has 9 nitrogen and oxygen atoms in total. The Balaban J connectivity index is 1.58. The van der Waals surface area contributed by atoms with Crippen LogP contribution in [0.4, 0.5) is 4.79 Å². The molecule has 0 saturated carbocycles. The van der Waals surface area contributed by atoms with Crippen LogP contribution in [-0.4, -0.2) is 89.4 Å². The monoisotopic (exact) mass is 661 g/mol. The van der Waals surface area contributed by atoms with Gasteiger partial charge in [-0.2, -0.15) is 0 Å². The molecule has 3 fully saturated rings. The van der Waals surface area contributed by atoms with Crippen molar-refractivity contribution in [3.05, 3.63) is 47.5 Å². The minimum Gasteiger partial charge on any atom is -0.445 e. The molecule has 4 heterocycles. The van der Waals surface area contributed by atoms with Crippen molar-refractivity contribution in [3.8, 4) is 0 Å². The molecule has 2 bridgehead atoms. The molecule has 11 heteroatoms. The van der Waals surface area contributed by atoms with Crippen molar-refractivity contribution in [2.24, 2.45) is 0 Å². The average Bonchev–Trinajstić information content (AvgIpc) is 3.56. The van der Waals surface area contributed by atoms with Gasteiger partial charge in [0.05, 0.1) is 25.3 Å². The molecule has 45 heavy (non-hydrogen) atoms. The fourth-order valence-corrected chi connectivity index (χ4v) is 8.48. The van der Waals surface area contributed by atoms with E-state index < -0.39 is 59.2 Å². The fraction of sp³-hybridized carbons (Fsp3) is 0.735. The highest BCUT2D eigenvalue weighted by molar-refractivity contribution is 6.74. The van der Waals surface area contributed by atoms with Gasteiger partial charge in [-0.1, -0.05) is 71.9 Å². The zero-order chi connectivity index (χ0) is 33.2. The third kappa shape index (κ3) is 7.16. The standard InChI is InChI=1S/C34H55NO8Si2/c1-32(2,3)44(9,10)42-27(24-18-23-21-37-30(39-23)28(24)43-45(11,12)33(4,5)6)26-29-25(40-34(7,8)41-29)19-35(26)31(36)38-20-22-16-14-13-15-17-22/h13-18,23,25-30H,19-21H2,1-12H3/t23-,25-,26+,27-,28-,29-,30+/m0/s1. The van der Waals surface area contributed by atoms with E-state index in [0.29, 0.717) is 13.2 Å². The molecule has 7 atom stereocenters. The van der Waals surface area contributed by atoms with Gasteiger partial charge in [0.15, 0.2) is 28.7 Å². The van der Waals surface area contributed by atoms with Crippen molar-refractivity contribution >= 4 is 22.7 Å². The van der Waals surface area contributed by atoms with Gasteiger partial charge >= 0.3 is 6.09 Å². The summed E-state index contributed by atoms with van der Waals surface area (Å²) in [5.74, 6) is -0.793. The van der Waals surface area contributed by atoms with E-state index >= 15 is 0 Å². The molecule has 0 aromatic heterocycles. The second kappa shape index (κ2) is 12.1. The number of nitrogens with zero attached hydrogens (tertiary/aromatic N) is 1. The van der Waals surface area contributed by atoms with Gasteiger partial charge in [0.25, 0.3) is 0 Å². The van der Waals surface area contributed by atoms with Crippen LogP contribution in [0.5, 0.6) is 0 Å². The van der Waals surface area contributed by atoms with Crippen LogP contribution in [0, 0.1) is 0 Å². The van der Waals surface area contributed by atoms with Crippen LogP contribution in [0.1, 0.15) is 61.0 Å². The zero-order valence-electron chi connectivity index (χ0n) is 29.3. The summed E-state index contributed by atoms with van der Waals surface area (Å²) in [4.78, 5) is 15.8. The Bertz CT molecular complexity index is 1250. The Kier molecular flexibility index (Phi) is 9.38. The van der Waals surface area contributed by atoms with E-state index in [-0.39, 0.29) is 28.9 Å². The van der Waals surface area contributed by atoms with Gasteiger partial charge in [-0.3, -0.25) is 4.90 Å². The normalized spacial score (nSPS) is 30.7. The van der Waals surface area contributed by atoms with E-state index in [1.54, 1.807) is 4.90 Å². The number of hydrogen-bond acceptors (Lipinski definition) is 8. The van der Waals surface area contributed by atoms with E-state index in [0.717, 1.165) is 11.1 Å². The maximum Gasteiger partial charge on any atom is 0.410 e. The largest absolute Gasteiger partial charge is 0.445 e. The molecule has 3 saturated heterocycles. The molecule has 0 spiro atoms. The fourth-order valence-electron chi connectivity index (χ4n) is 5.98. The van der Waals surface area contributed by atoms with E-state index in [2.05, 4.69) is 73.8 Å². The molecular formula is C34H55NO8Si2. The van der Waals surface area contributed by atoms with E-state index in [4.69, 9.17) is 32.5 Å². The third-order valence-corrected chi connectivity index (χ3v) is 19.4. The topological polar surface area (TPSA) is 84.9 Å². The van der Waals surface area contributed by atoms with Crippen molar-refractivity contribution in [2.45, 2.75) is 147 Å². The van der Waals surface area contributed by atoms with Crippen molar-refractivity contribution in [1.29, 1.82) is 0 Å². The number of carbonyl (C=O) groups is 1. The molecule has 1 aromatic carbocycles. The van der Waals surface area contributed by atoms with Crippen LogP contribution in [0.3, 0.4) is 0 Å². The molecule has 0 aliphatic carbocycles. The van der Waals surface area contributed by atoms with Gasteiger partial charge in [-0.25, -0.2) is 4.79 Å². The SMILES string of the molecule is CC1(C)O[C@@H]2[C@@H]([C@@H](O[Si](C)(C)C(C)(C)C)C3=C[C@H]4CO[C@H](O4)[C@H]3O[Si](C)(C)C(C)(C)C)N(C(=O)OCc3ccccc3)C[C@@H]2O1.